The van der Waals surface area contributed by atoms with Crippen molar-refractivity contribution in [2.75, 3.05) is 155 Å². The van der Waals surface area contributed by atoms with Gasteiger partial charge in [0.25, 0.3) is 0 Å². The molecule has 3 aliphatic heterocycles. The Morgan fingerprint density at radius 1 is 0.459 bits per heavy atom. The third-order valence-corrected chi connectivity index (χ3v) is 11.3. The third kappa shape index (κ3) is 33.7. The molecule has 3 fully saturated rings. The van der Waals surface area contributed by atoms with Crippen molar-refractivity contribution in [3.05, 3.63) is 37.2 Å². The van der Waals surface area contributed by atoms with Crippen LogP contribution in [0.5, 0.6) is 0 Å². The number of hydrogen-bond acceptors (Lipinski definition) is 10. The van der Waals surface area contributed by atoms with Gasteiger partial charge in [0.15, 0.2) is 0 Å². The zero-order chi connectivity index (χ0) is 47.4. The van der Waals surface area contributed by atoms with Gasteiger partial charge in [0, 0.05) is 98.2 Å². The fourth-order valence-electron chi connectivity index (χ4n) is 7.99. The standard InChI is InChI=1S/C16H34N4.C15H31N3.C10H21N3.C6H14.3HI.V/c1-14(10-17(4)5)12-19-8-9-20(16(19)3)13-15(2)11-18(6)7;1-7-13(2)11-17-8-9-18(15(17)4)12-14(3)10-16(5)6;1-9(7-12(3)4)8-13-6-5-11-10(13)2;1-4-6(3)5-2;;;;/h14-15H,3,8-13H2,1-2,4-7H3;13-14H,4,7-12H2,1-3,5-6H3;9,11H,2,5-8H2,1,3-4H3;6H,4-5H2,1-3H3;3*1H;/q;;;;;;;+3/p-3. The number of nitrogens with one attached hydrogen (secondary N) is 1. The van der Waals surface area contributed by atoms with Crippen LogP contribution in [-0.2, 0) is 4.92 Å². The molecule has 0 amide bonds. The number of rotatable bonds is 21. The molecule has 5 atom stereocenters. The van der Waals surface area contributed by atoms with Gasteiger partial charge >= 0.3 is 64.9 Å². The molecule has 0 aromatic carbocycles. The topological polar surface area (TPSA) is 41.2 Å². The van der Waals surface area contributed by atoms with Gasteiger partial charge in [-0.3, -0.25) is 0 Å². The number of halogens is 3. The molecule has 364 valence electrons. The summed E-state index contributed by atoms with van der Waals surface area (Å²) in [5, 5.41) is 3.25. The van der Waals surface area contributed by atoms with E-state index in [0.29, 0.717) is 23.7 Å². The van der Waals surface area contributed by atoms with Crippen molar-refractivity contribution in [1.82, 2.24) is 49.4 Å². The molecule has 0 aliphatic carbocycles. The molecule has 5 unspecified atom stereocenters. The molecule has 0 aromatic heterocycles. The summed E-state index contributed by atoms with van der Waals surface area (Å²) in [6, 6.07) is 0. The van der Waals surface area contributed by atoms with Crippen LogP contribution in [0.25, 0.3) is 0 Å². The van der Waals surface area contributed by atoms with Crippen LogP contribution in [0, 0.1) is 35.5 Å². The van der Waals surface area contributed by atoms with E-state index in [1.165, 1.54) is 30.9 Å². The second-order valence-corrected chi connectivity index (χ2v) is 54.9. The van der Waals surface area contributed by atoms with Gasteiger partial charge < -0.3 is 49.4 Å². The minimum absolute atomic E-state index is 0.278. The van der Waals surface area contributed by atoms with Gasteiger partial charge in [0.05, 0.1) is 17.5 Å². The average molecular weight is 1240 g/mol. The van der Waals surface area contributed by atoms with Crippen molar-refractivity contribution in [3.63, 3.8) is 0 Å². The van der Waals surface area contributed by atoms with Gasteiger partial charge in [-0.05, 0) is 91.9 Å². The van der Waals surface area contributed by atoms with Crippen LogP contribution in [-0.4, -0.2) is 199 Å². The Hall–Kier alpha value is 0.634. The van der Waals surface area contributed by atoms with Gasteiger partial charge in [-0.1, -0.05) is 101 Å². The Kier molecular flexibility index (Phi) is 38.4. The van der Waals surface area contributed by atoms with Crippen LogP contribution in [0.4, 0.5) is 0 Å². The van der Waals surface area contributed by atoms with Crippen LogP contribution in [0.15, 0.2) is 37.2 Å². The maximum atomic E-state index is 4.31. The zero-order valence-corrected chi connectivity index (χ0v) is 50.8. The van der Waals surface area contributed by atoms with Gasteiger partial charge in [-0.2, -0.15) is 0 Å². The Labute approximate surface area is 419 Å². The Balaban J connectivity index is 0. The molecule has 10 nitrogen and oxygen atoms in total. The van der Waals surface area contributed by atoms with Crippen LogP contribution in [0.1, 0.15) is 81.6 Å². The summed E-state index contributed by atoms with van der Waals surface area (Å²) in [7, 11) is 17.1. The van der Waals surface area contributed by atoms with E-state index in [2.05, 4.69) is 248 Å². The Bertz CT molecular complexity index is 1100. The van der Waals surface area contributed by atoms with Gasteiger partial charge in [-0.25, -0.2) is 0 Å². The van der Waals surface area contributed by atoms with E-state index in [4.69, 9.17) is 0 Å². The predicted molar refractivity (Wildman–Crippen MR) is 295 cm³/mol. The molecule has 0 radical (unpaired) electrons. The van der Waals surface area contributed by atoms with Crippen molar-refractivity contribution in [2.24, 2.45) is 35.5 Å². The van der Waals surface area contributed by atoms with E-state index in [9.17, 15) is 0 Å². The van der Waals surface area contributed by atoms with Gasteiger partial charge in [-0.15, -0.1) is 0 Å². The van der Waals surface area contributed by atoms with Crippen LogP contribution in [0.3, 0.4) is 0 Å². The zero-order valence-electron chi connectivity index (χ0n) is 42.9. The van der Waals surface area contributed by atoms with Crippen LogP contribution >= 0.6 is 59.9 Å². The average Bonchev–Trinajstić information content (AvgIpc) is 3.81. The van der Waals surface area contributed by atoms with Crippen LogP contribution in [0.2, 0.25) is 0 Å². The molecule has 0 bridgehead atoms. The van der Waals surface area contributed by atoms with Gasteiger partial charge in [0.1, 0.15) is 0 Å². The second kappa shape index (κ2) is 36.7. The van der Waals surface area contributed by atoms with Crippen molar-refractivity contribution in [3.8, 4) is 0 Å². The molecule has 3 aliphatic rings. The Morgan fingerprint density at radius 3 is 0.902 bits per heavy atom. The normalized spacial score (nSPS) is 17.9. The second-order valence-electron chi connectivity index (χ2n) is 19.5. The maximum absolute atomic E-state index is 4.31. The molecular weight excluding hydrogens is 1140 g/mol. The number of hydrogen-bond donors (Lipinski definition) is 1. The molecule has 3 saturated heterocycles. The van der Waals surface area contributed by atoms with E-state index >= 15 is 0 Å². The third-order valence-electron chi connectivity index (χ3n) is 11.3. The summed E-state index contributed by atoms with van der Waals surface area (Å²) in [6.07, 6.45) is 3.91. The first-order chi connectivity index (χ1) is 28.4. The van der Waals surface area contributed by atoms with Gasteiger partial charge in [0.2, 0.25) is 0 Å². The molecular formula is C47H100I3N10V. The molecule has 1 N–H and O–H groups in total. The first kappa shape index (κ1) is 63.7. The minimum atomic E-state index is -0.278. The Morgan fingerprint density at radius 2 is 0.705 bits per heavy atom. The first-order valence-corrected chi connectivity index (χ1v) is 36.8. The quantitative estimate of drug-likeness (QED) is 0.113. The SMILES string of the molecule is C=C1N(CC(C)CC)CCN1CC(C)CN(C)C.C=C1N(CC(C)CN(C)C)CCN1CC(C)CN(C)C.C=C1NCCN1CC(C)CN(C)C.CCC(C)CC.[I][V]([I])[I]. The predicted octanol–water partition coefficient (Wildman–Crippen LogP) is 9.45. The molecule has 3 rings (SSSR count). The molecule has 0 saturated carbocycles. The summed E-state index contributed by atoms with van der Waals surface area (Å²) in [5.41, 5.74) is 0. The summed E-state index contributed by atoms with van der Waals surface area (Å²) in [4.78, 5) is 20.9. The molecule has 14 heteroatoms. The fraction of sp³-hybridized carbons (Fsp3) is 0.872. The van der Waals surface area contributed by atoms with Crippen molar-refractivity contribution < 1.29 is 4.92 Å². The summed E-state index contributed by atoms with van der Waals surface area (Å²) < 4.78 is 0. The fourth-order valence-corrected chi connectivity index (χ4v) is 7.99. The molecule has 0 aromatic rings. The molecule has 3 heterocycles. The summed E-state index contributed by atoms with van der Waals surface area (Å²) in [5.74, 6) is 8.01. The van der Waals surface area contributed by atoms with Crippen LogP contribution < -0.4 is 5.32 Å². The van der Waals surface area contributed by atoms with E-state index in [0.717, 1.165) is 116 Å². The van der Waals surface area contributed by atoms with Crippen molar-refractivity contribution in [1.29, 1.82) is 0 Å². The van der Waals surface area contributed by atoms with E-state index < -0.39 is 0 Å². The monoisotopic (exact) mass is 1240 g/mol. The molecule has 61 heavy (non-hydrogen) atoms. The van der Waals surface area contributed by atoms with Crippen molar-refractivity contribution in [2.45, 2.75) is 81.6 Å². The van der Waals surface area contributed by atoms with E-state index in [-0.39, 0.29) is 4.92 Å². The molecule has 0 spiro atoms. The van der Waals surface area contributed by atoms with E-state index in [1.807, 2.05) is 0 Å². The summed E-state index contributed by atoms with van der Waals surface area (Å²) >= 11 is 7.39. The number of nitrogens with zero attached hydrogens (tertiary/aromatic N) is 9. The van der Waals surface area contributed by atoms with E-state index in [1.54, 1.807) is 0 Å². The first-order valence-electron chi connectivity index (χ1n) is 23.3. The van der Waals surface area contributed by atoms with Crippen molar-refractivity contribution >= 4 is 59.9 Å². The summed E-state index contributed by atoms with van der Waals surface area (Å²) in [6.45, 7) is 50.1.